The summed E-state index contributed by atoms with van der Waals surface area (Å²) in [4.78, 5) is 24.2. The normalized spacial score (nSPS) is 30.7. The minimum Gasteiger partial charge on any atom is -0.462 e. The number of hydrogen-bond donors (Lipinski definition) is 4. The number of aliphatic hydroxyl groups is 2. The summed E-state index contributed by atoms with van der Waals surface area (Å²) in [5, 5.41) is 23.1. The second kappa shape index (κ2) is 19.3. The van der Waals surface area contributed by atoms with Crippen LogP contribution in [0.15, 0.2) is 0 Å². The predicted octanol–water partition coefficient (Wildman–Crippen LogP) is 3.82. The molecule has 0 amide bonds. The van der Waals surface area contributed by atoms with Gasteiger partial charge in [0.1, 0.15) is 18.4 Å². The van der Waals surface area contributed by atoms with Gasteiger partial charge in [-0.05, 0) is 81.0 Å². The maximum absolute atomic E-state index is 12.1. The molecule has 6 N–H and O–H groups in total. The topological polar surface area (TPSA) is 145 Å². The van der Waals surface area contributed by atoms with Crippen LogP contribution in [0.25, 0.3) is 0 Å². The van der Waals surface area contributed by atoms with Gasteiger partial charge >= 0.3 is 11.9 Å². The van der Waals surface area contributed by atoms with Gasteiger partial charge in [0.15, 0.2) is 0 Å². The summed E-state index contributed by atoms with van der Waals surface area (Å²) in [6.07, 6.45) is 15.7. The zero-order valence-electron chi connectivity index (χ0n) is 27.3. The maximum Gasteiger partial charge on any atom is 0.302 e. The lowest BCUT2D eigenvalue weighted by Crippen LogP contribution is -2.94. The number of carbonyl (C=O) groups is 2. The molecule has 0 aromatic rings. The van der Waals surface area contributed by atoms with E-state index in [4.69, 9.17) is 19.9 Å². The van der Waals surface area contributed by atoms with Crippen LogP contribution in [0.4, 0.5) is 0 Å². The average Bonchev–Trinajstić information content (AvgIpc) is 2.97. The predicted molar refractivity (Wildman–Crippen MR) is 166 cm³/mol. The third-order valence-corrected chi connectivity index (χ3v) is 10.7. The number of carbonyl (C=O) groups excluding carboxylic acids is 2. The highest BCUT2D eigenvalue weighted by atomic mass is 16.6. The van der Waals surface area contributed by atoms with E-state index < -0.39 is 6.10 Å². The van der Waals surface area contributed by atoms with Gasteiger partial charge in [0.05, 0.1) is 18.8 Å². The van der Waals surface area contributed by atoms with E-state index in [1.165, 1.54) is 52.4 Å². The van der Waals surface area contributed by atoms with Gasteiger partial charge in [0, 0.05) is 40.4 Å². The molecule has 0 aromatic heterocycles. The maximum atomic E-state index is 12.1. The lowest BCUT2D eigenvalue weighted by molar-refractivity contribution is -0.699. The summed E-state index contributed by atoms with van der Waals surface area (Å²) in [5.41, 5.74) is 6.30. The Bertz CT molecular complexity index is 808. The van der Waals surface area contributed by atoms with Crippen LogP contribution < -0.4 is 11.1 Å². The lowest BCUT2D eigenvalue weighted by atomic mass is 9.66. The van der Waals surface area contributed by atoms with Gasteiger partial charge < -0.3 is 29.7 Å². The molecule has 9 heteroatoms. The van der Waals surface area contributed by atoms with Crippen molar-refractivity contribution in [2.45, 2.75) is 154 Å². The van der Waals surface area contributed by atoms with Crippen LogP contribution in [0.1, 0.15) is 123 Å². The molecule has 43 heavy (non-hydrogen) atoms. The summed E-state index contributed by atoms with van der Waals surface area (Å²) in [6, 6.07) is 0. The van der Waals surface area contributed by atoms with E-state index in [2.05, 4.69) is 5.32 Å². The second-order valence-electron chi connectivity index (χ2n) is 14.0. The van der Waals surface area contributed by atoms with Gasteiger partial charge in [-0.15, -0.1) is 0 Å². The van der Waals surface area contributed by atoms with Crippen LogP contribution in [-0.2, 0) is 23.8 Å². The van der Waals surface area contributed by atoms with Gasteiger partial charge in [0.25, 0.3) is 0 Å². The first-order valence-electron chi connectivity index (χ1n) is 17.4. The second-order valence-corrected chi connectivity index (χ2v) is 14.0. The molecule has 9 nitrogen and oxygen atoms in total. The first kappa shape index (κ1) is 36.2. The van der Waals surface area contributed by atoms with Crippen molar-refractivity contribution in [2.24, 2.45) is 35.3 Å². The largest absolute Gasteiger partial charge is 0.462 e. The molecule has 9 atom stereocenters. The van der Waals surface area contributed by atoms with Crippen LogP contribution in [0.2, 0.25) is 0 Å². The van der Waals surface area contributed by atoms with Crippen molar-refractivity contribution >= 4 is 11.9 Å². The van der Waals surface area contributed by atoms with Gasteiger partial charge in [-0.3, -0.25) is 15.3 Å². The minimum absolute atomic E-state index is 0.102. The van der Waals surface area contributed by atoms with Crippen LogP contribution >= 0.6 is 0 Å². The van der Waals surface area contributed by atoms with E-state index in [0.29, 0.717) is 43.4 Å². The minimum atomic E-state index is -0.479. The monoisotopic (exact) mass is 611 g/mol. The van der Waals surface area contributed by atoms with Gasteiger partial charge in [0.2, 0.25) is 0 Å². The van der Waals surface area contributed by atoms with Crippen molar-refractivity contribution in [3.05, 3.63) is 0 Å². The van der Waals surface area contributed by atoms with E-state index in [0.717, 1.165) is 57.4 Å². The number of methoxy groups -OCH3 is 1. The highest BCUT2D eigenvalue weighted by Crippen LogP contribution is 2.42. The van der Waals surface area contributed by atoms with Gasteiger partial charge in [-0.25, -0.2) is 0 Å². The molecule has 3 aliphatic rings. The molecule has 3 fully saturated rings. The molecule has 2 saturated carbocycles. The standard InChI is InChI=1S/C34H62N2O7/c1-23(38)42-29(14-12-26(22-37)11-7-10-25-8-5-4-6-9-25)20-30(43-24(2)39)15-13-27-18-33(41-3)32(40)21-31(27)28-16-17-36-34(35)19-28/h25-34,36-37,40H,4-22,35H2,1-3H3/p+1/t26-,27?,28?,29+,30-,31?,32?,33?,34?/m1/s1. The molecule has 250 valence electrons. The highest BCUT2D eigenvalue weighted by molar-refractivity contribution is 5.66. The molecule has 6 unspecified atom stereocenters. The Morgan fingerprint density at radius 3 is 2.23 bits per heavy atom. The molecular formula is C34H63N2O7+. The molecule has 2 aliphatic carbocycles. The fourth-order valence-electron chi connectivity index (χ4n) is 8.42. The molecule has 0 spiro atoms. The van der Waals surface area contributed by atoms with E-state index in [1.54, 1.807) is 7.11 Å². The fourth-order valence-corrected chi connectivity index (χ4v) is 8.42. The van der Waals surface area contributed by atoms with Crippen molar-refractivity contribution in [1.29, 1.82) is 0 Å². The Balaban J connectivity index is 1.58. The molecule has 1 heterocycles. The molecule has 1 aliphatic heterocycles. The smallest absolute Gasteiger partial charge is 0.302 e. The van der Waals surface area contributed by atoms with Gasteiger partial charge in [-0.2, -0.15) is 0 Å². The molecule has 0 aromatic carbocycles. The SMILES string of the molecule is COC1CC(CC[C@H](C[C@H](CC[C@H](CO)CCCC2CCCCC2)OC(C)=O)OC(C)=O)C(C2CC[NH2+]C(N)C2)CC1O. The number of aliphatic hydroxyl groups excluding tert-OH is 2. The first-order valence-corrected chi connectivity index (χ1v) is 17.4. The van der Waals surface area contributed by atoms with Crippen LogP contribution in [0, 0.1) is 29.6 Å². The zero-order valence-corrected chi connectivity index (χ0v) is 27.3. The van der Waals surface area contributed by atoms with E-state index in [-0.39, 0.29) is 48.9 Å². The van der Waals surface area contributed by atoms with Crippen molar-refractivity contribution in [2.75, 3.05) is 20.3 Å². The van der Waals surface area contributed by atoms with Crippen LogP contribution in [0.5, 0.6) is 0 Å². The Morgan fingerprint density at radius 2 is 1.60 bits per heavy atom. The molecule has 0 bridgehead atoms. The van der Waals surface area contributed by atoms with Crippen LogP contribution in [-0.4, -0.2) is 73.0 Å². The Morgan fingerprint density at radius 1 is 0.907 bits per heavy atom. The average molecular weight is 612 g/mol. The zero-order chi connectivity index (χ0) is 31.2. The van der Waals surface area contributed by atoms with Crippen molar-refractivity contribution in [1.82, 2.24) is 0 Å². The summed E-state index contributed by atoms with van der Waals surface area (Å²) in [7, 11) is 1.66. The van der Waals surface area contributed by atoms with Gasteiger partial charge in [-0.1, -0.05) is 44.9 Å². The van der Waals surface area contributed by atoms with Crippen molar-refractivity contribution < 1.29 is 39.3 Å². The molecule has 3 rings (SSSR count). The first-order chi connectivity index (χ1) is 20.7. The number of hydrogen-bond acceptors (Lipinski definition) is 8. The third-order valence-electron chi connectivity index (χ3n) is 10.7. The molecule has 1 saturated heterocycles. The summed E-state index contributed by atoms with van der Waals surface area (Å²) < 4.78 is 17.2. The summed E-state index contributed by atoms with van der Waals surface area (Å²) >= 11 is 0. The lowest BCUT2D eigenvalue weighted by Gasteiger charge is -2.44. The number of rotatable bonds is 17. The van der Waals surface area contributed by atoms with E-state index >= 15 is 0 Å². The number of quaternary nitrogens is 1. The molecular weight excluding hydrogens is 548 g/mol. The van der Waals surface area contributed by atoms with E-state index in [9.17, 15) is 19.8 Å². The fraction of sp³-hybridized carbons (Fsp3) is 0.941. The summed E-state index contributed by atoms with van der Waals surface area (Å²) in [6.45, 7) is 4.01. The third kappa shape index (κ3) is 12.9. The number of nitrogens with two attached hydrogens (primary N) is 2. The number of esters is 2. The Hall–Kier alpha value is -1.26. The van der Waals surface area contributed by atoms with E-state index in [1.807, 2.05) is 0 Å². The molecule has 0 radical (unpaired) electrons. The van der Waals surface area contributed by atoms with Crippen molar-refractivity contribution in [3.8, 4) is 0 Å². The van der Waals surface area contributed by atoms with Crippen LogP contribution in [0.3, 0.4) is 0 Å². The number of piperidine rings is 1. The summed E-state index contributed by atoms with van der Waals surface area (Å²) in [5.74, 6) is 1.51. The quantitative estimate of drug-likeness (QED) is 0.182. The number of ether oxygens (including phenoxy) is 3. The highest BCUT2D eigenvalue weighted by Gasteiger charge is 2.42. The Kier molecular flexibility index (Phi) is 16.3. The Labute approximate surface area is 260 Å². The van der Waals surface area contributed by atoms with Crippen molar-refractivity contribution in [3.63, 3.8) is 0 Å².